The molecule has 1 aliphatic rings. The first-order chi connectivity index (χ1) is 7.29. The maximum atomic E-state index is 14.0. The maximum Gasteiger partial charge on any atom is 0.124 e. The Morgan fingerprint density at radius 3 is 2.73 bits per heavy atom. The molecule has 1 aromatic carbocycles. The highest BCUT2D eigenvalue weighted by Gasteiger charge is 2.32. The second kappa shape index (κ2) is 4.75. The third kappa shape index (κ3) is 3.03. The van der Waals surface area contributed by atoms with Crippen LogP contribution in [-0.4, -0.2) is 18.8 Å². The Morgan fingerprint density at radius 2 is 2.07 bits per heavy atom. The molecule has 0 aliphatic carbocycles. The minimum Gasteiger partial charge on any atom is -0.313 e. The lowest BCUT2D eigenvalue weighted by Gasteiger charge is -2.17. The van der Waals surface area contributed by atoms with Crippen molar-refractivity contribution in [3.05, 3.63) is 35.9 Å². The van der Waals surface area contributed by atoms with Crippen LogP contribution in [0.2, 0.25) is 0 Å². The molecular weight excluding hydrogens is 189 g/mol. The number of aryl methyl sites for hydroxylation is 1. The predicted molar refractivity (Wildman–Crippen MR) is 60.7 cm³/mol. The Morgan fingerprint density at radius 1 is 1.27 bits per heavy atom. The van der Waals surface area contributed by atoms with E-state index in [-0.39, 0.29) is 0 Å². The molecule has 2 heteroatoms. The smallest absolute Gasteiger partial charge is 0.124 e. The fourth-order valence-corrected chi connectivity index (χ4v) is 2.18. The van der Waals surface area contributed by atoms with Gasteiger partial charge in [0.05, 0.1) is 0 Å². The molecule has 0 aromatic heterocycles. The van der Waals surface area contributed by atoms with E-state index in [9.17, 15) is 4.39 Å². The first-order valence-corrected chi connectivity index (χ1v) is 5.72. The van der Waals surface area contributed by atoms with Gasteiger partial charge in [0.1, 0.15) is 5.67 Å². The van der Waals surface area contributed by atoms with Crippen molar-refractivity contribution in [2.75, 3.05) is 13.1 Å². The van der Waals surface area contributed by atoms with Gasteiger partial charge in [-0.15, -0.1) is 0 Å². The molecule has 1 saturated heterocycles. The van der Waals surface area contributed by atoms with Crippen LogP contribution < -0.4 is 5.32 Å². The van der Waals surface area contributed by atoms with E-state index in [1.54, 1.807) is 0 Å². The zero-order valence-electron chi connectivity index (χ0n) is 9.01. The van der Waals surface area contributed by atoms with Crippen LogP contribution in [0.3, 0.4) is 0 Å². The summed E-state index contributed by atoms with van der Waals surface area (Å²) in [6, 6.07) is 10.3. The van der Waals surface area contributed by atoms with Crippen LogP contribution in [0.4, 0.5) is 4.39 Å². The van der Waals surface area contributed by atoms with E-state index < -0.39 is 5.67 Å². The van der Waals surface area contributed by atoms with Crippen LogP contribution in [0.5, 0.6) is 0 Å². The first kappa shape index (κ1) is 10.6. The van der Waals surface area contributed by atoms with Crippen LogP contribution in [-0.2, 0) is 6.42 Å². The number of alkyl halides is 1. The molecule has 1 heterocycles. The van der Waals surface area contributed by atoms with Crippen LogP contribution in [0, 0.1) is 0 Å². The Kier molecular flexibility index (Phi) is 3.37. The summed E-state index contributed by atoms with van der Waals surface area (Å²) in [6.45, 7) is 1.38. The molecule has 0 saturated carbocycles. The molecule has 0 amide bonds. The molecule has 1 aliphatic heterocycles. The molecule has 2 rings (SSSR count). The van der Waals surface area contributed by atoms with Crippen LogP contribution in [0.1, 0.15) is 24.8 Å². The Labute approximate surface area is 90.7 Å². The van der Waals surface area contributed by atoms with Gasteiger partial charge in [0.25, 0.3) is 0 Å². The summed E-state index contributed by atoms with van der Waals surface area (Å²) in [5.41, 5.74) is 0.376. The van der Waals surface area contributed by atoms with Gasteiger partial charge < -0.3 is 5.32 Å². The van der Waals surface area contributed by atoms with Gasteiger partial charge in [-0.1, -0.05) is 30.3 Å². The molecule has 82 valence electrons. The average molecular weight is 207 g/mol. The highest BCUT2D eigenvalue weighted by Crippen LogP contribution is 2.26. The highest BCUT2D eigenvalue weighted by atomic mass is 19.1. The van der Waals surface area contributed by atoms with Crippen molar-refractivity contribution >= 4 is 0 Å². The zero-order chi connectivity index (χ0) is 10.6. The van der Waals surface area contributed by atoms with Crippen LogP contribution in [0.15, 0.2) is 30.3 Å². The van der Waals surface area contributed by atoms with Gasteiger partial charge in [0.15, 0.2) is 0 Å². The summed E-state index contributed by atoms with van der Waals surface area (Å²) in [6.07, 6.45) is 3.31. The molecule has 15 heavy (non-hydrogen) atoms. The van der Waals surface area contributed by atoms with E-state index in [2.05, 4.69) is 17.4 Å². The van der Waals surface area contributed by atoms with Gasteiger partial charge in [-0.2, -0.15) is 0 Å². The fourth-order valence-electron chi connectivity index (χ4n) is 2.18. The quantitative estimate of drug-likeness (QED) is 0.800. The SMILES string of the molecule is FC1(CCCc2ccccc2)CCNC1. The van der Waals surface area contributed by atoms with Crippen molar-refractivity contribution in [1.82, 2.24) is 5.32 Å². The van der Waals surface area contributed by atoms with Crippen LogP contribution in [0.25, 0.3) is 0 Å². The lowest BCUT2D eigenvalue weighted by Crippen LogP contribution is -2.25. The van der Waals surface area contributed by atoms with Crippen molar-refractivity contribution in [3.8, 4) is 0 Å². The fraction of sp³-hybridized carbons (Fsp3) is 0.538. The van der Waals surface area contributed by atoms with Gasteiger partial charge in [0, 0.05) is 6.54 Å². The van der Waals surface area contributed by atoms with E-state index in [0.29, 0.717) is 19.4 Å². The maximum absolute atomic E-state index is 14.0. The summed E-state index contributed by atoms with van der Waals surface area (Å²) < 4.78 is 14.0. The summed E-state index contributed by atoms with van der Waals surface area (Å²) in [4.78, 5) is 0. The van der Waals surface area contributed by atoms with Crippen LogP contribution >= 0.6 is 0 Å². The first-order valence-electron chi connectivity index (χ1n) is 5.72. The summed E-state index contributed by atoms with van der Waals surface area (Å²) in [5, 5.41) is 3.09. The second-order valence-electron chi connectivity index (χ2n) is 4.42. The van der Waals surface area contributed by atoms with E-state index in [1.165, 1.54) is 5.56 Å². The van der Waals surface area contributed by atoms with E-state index >= 15 is 0 Å². The molecule has 1 N–H and O–H groups in total. The van der Waals surface area contributed by atoms with Crippen molar-refractivity contribution in [2.45, 2.75) is 31.4 Å². The van der Waals surface area contributed by atoms with Gasteiger partial charge >= 0.3 is 0 Å². The highest BCUT2D eigenvalue weighted by molar-refractivity contribution is 5.14. The average Bonchev–Trinajstić information content (AvgIpc) is 2.67. The molecule has 1 unspecified atom stereocenters. The van der Waals surface area contributed by atoms with Crippen molar-refractivity contribution in [2.24, 2.45) is 0 Å². The lowest BCUT2D eigenvalue weighted by atomic mass is 9.96. The minimum absolute atomic E-state index is 0.543. The van der Waals surface area contributed by atoms with E-state index in [4.69, 9.17) is 0 Å². The molecule has 1 fully saturated rings. The number of benzene rings is 1. The second-order valence-corrected chi connectivity index (χ2v) is 4.42. The largest absolute Gasteiger partial charge is 0.313 e. The number of halogens is 1. The van der Waals surface area contributed by atoms with Crippen molar-refractivity contribution in [3.63, 3.8) is 0 Å². The number of hydrogen-bond acceptors (Lipinski definition) is 1. The standard InChI is InChI=1S/C13H18FN/c14-13(9-10-15-11-13)8-4-7-12-5-2-1-3-6-12/h1-3,5-6,15H,4,7-11H2. The Balaban J connectivity index is 1.75. The normalized spacial score (nSPS) is 25.7. The third-order valence-corrected chi connectivity index (χ3v) is 3.12. The van der Waals surface area contributed by atoms with E-state index in [1.807, 2.05) is 18.2 Å². The van der Waals surface area contributed by atoms with Gasteiger partial charge in [0.2, 0.25) is 0 Å². The molecule has 1 aromatic rings. The monoisotopic (exact) mass is 207 g/mol. The summed E-state index contributed by atoms with van der Waals surface area (Å²) in [5.74, 6) is 0. The minimum atomic E-state index is -0.936. The molecule has 0 radical (unpaired) electrons. The predicted octanol–water partition coefficient (Wildman–Crippen LogP) is 2.71. The van der Waals surface area contributed by atoms with Crippen molar-refractivity contribution < 1.29 is 4.39 Å². The van der Waals surface area contributed by atoms with Gasteiger partial charge in [-0.3, -0.25) is 0 Å². The summed E-state index contributed by atoms with van der Waals surface area (Å²) in [7, 11) is 0. The van der Waals surface area contributed by atoms with Gasteiger partial charge in [-0.25, -0.2) is 4.39 Å². The topological polar surface area (TPSA) is 12.0 Å². The van der Waals surface area contributed by atoms with Crippen molar-refractivity contribution in [1.29, 1.82) is 0 Å². The van der Waals surface area contributed by atoms with E-state index in [0.717, 1.165) is 19.4 Å². The Bertz CT molecular complexity index is 291. The third-order valence-electron chi connectivity index (χ3n) is 3.12. The number of nitrogens with one attached hydrogen (secondary N) is 1. The summed E-state index contributed by atoms with van der Waals surface area (Å²) >= 11 is 0. The molecule has 1 nitrogen and oxygen atoms in total. The number of rotatable bonds is 4. The molecule has 0 bridgehead atoms. The number of hydrogen-bond donors (Lipinski definition) is 1. The molecule has 0 spiro atoms. The lowest BCUT2D eigenvalue weighted by molar-refractivity contribution is 0.172. The Hall–Kier alpha value is -0.890. The molecular formula is C13H18FN. The molecule has 1 atom stereocenters. The van der Waals surface area contributed by atoms with Gasteiger partial charge in [-0.05, 0) is 37.8 Å². The zero-order valence-corrected chi connectivity index (χ0v) is 9.01.